The molecule has 1 fully saturated rings. The Kier molecular flexibility index (Phi) is 5.20. The molecule has 0 aromatic carbocycles. The van der Waals surface area contributed by atoms with E-state index in [-0.39, 0.29) is 29.5 Å². The minimum atomic E-state index is -2.99. The van der Waals surface area contributed by atoms with Gasteiger partial charge in [-0.2, -0.15) is 5.10 Å². The zero-order valence-corrected chi connectivity index (χ0v) is 16.1. The van der Waals surface area contributed by atoms with Crippen LogP contribution in [-0.4, -0.2) is 71.6 Å². The van der Waals surface area contributed by atoms with Crippen molar-refractivity contribution in [2.75, 3.05) is 31.6 Å². The lowest BCUT2D eigenvalue weighted by Crippen LogP contribution is -2.46. The van der Waals surface area contributed by atoms with Crippen LogP contribution in [0.25, 0.3) is 0 Å². The Morgan fingerprint density at radius 1 is 1.40 bits per heavy atom. The number of aryl methyl sites for hydroxylation is 1. The maximum absolute atomic E-state index is 12.8. The average molecular weight is 369 g/mol. The van der Waals surface area contributed by atoms with Crippen LogP contribution < -0.4 is 0 Å². The first kappa shape index (κ1) is 18.4. The molecular formula is C17H28N4O3S. The van der Waals surface area contributed by atoms with E-state index in [0.29, 0.717) is 19.5 Å². The van der Waals surface area contributed by atoms with Gasteiger partial charge in [-0.1, -0.05) is 0 Å². The highest BCUT2D eigenvalue weighted by molar-refractivity contribution is 7.91. The number of hydrogen-bond donors (Lipinski definition) is 0. The van der Waals surface area contributed by atoms with Crippen LogP contribution >= 0.6 is 0 Å². The van der Waals surface area contributed by atoms with E-state index < -0.39 is 9.84 Å². The number of carbonyl (C=O) groups is 1. The van der Waals surface area contributed by atoms with Crippen molar-refractivity contribution in [2.24, 2.45) is 7.05 Å². The van der Waals surface area contributed by atoms with Crippen LogP contribution in [0.1, 0.15) is 43.5 Å². The van der Waals surface area contributed by atoms with Crippen LogP contribution in [0.15, 0.2) is 6.20 Å². The van der Waals surface area contributed by atoms with Gasteiger partial charge in [-0.15, -0.1) is 0 Å². The van der Waals surface area contributed by atoms with Crippen molar-refractivity contribution in [1.82, 2.24) is 19.6 Å². The molecule has 1 aliphatic carbocycles. The van der Waals surface area contributed by atoms with Crippen LogP contribution in [0, 0.1) is 0 Å². The van der Waals surface area contributed by atoms with Crippen LogP contribution in [-0.2, 0) is 28.1 Å². The summed E-state index contributed by atoms with van der Waals surface area (Å²) in [5, 5.41) is 4.37. The number of rotatable bonds is 5. The number of sulfone groups is 1. The van der Waals surface area contributed by atoms with Crippen molar-refractivity contribution >= 4 is 15.7 Å². The number of aromatic nitrogens is 2. The summed E-state index contributed by atoms with van der Waals surface area (Å²) < 4.78 is 25.4. The summed E-state index contributed by atoms with van der Waals surface area (Å²) in [5.74, 6) is 0.314. The van der Waals surface area contributed by atoms with Gasteiger partial charge in [0.1, 0.15) is 0 Å². The summed E-state index contributed by atoms with van der Waals surface area (Å²) in [6.07, 6.45) is 5.62. The van der Waals surface area contributed by atoms with Gasteiger partial charge in [0.2, 0.25) is 5.91 Å². The molecule has 1 saturated heterocycles. The van der Waals surface area contributed by atoms with E-state index >= 15 is 0 Å². The second kappa shape index (κ2) is 7.07. The molecule has 1 amide bonds. The summed E-state index contributed by atoms with van der Waals surface area (Å²) in [6, 6.07) is 0.0311. The smallest absolute Gasteiger partial charge is 0.237 e. The molecule has 25 heavy (non-hydrogen) atoms. The van der Waals surface area contributed by atoms with E-state index in [0.717, 1.165) is 19.3 Å². The Morgan fingerprint density at radius 3 is 2.80 bits per heavy atom. The van der Waals surface area contributed by atoms with Gasteiger partial charge in [0, 0.05) is 36.9 Å². The summed E-state index contributed by atoms with van der Waals surface area (Å²) >= 11 is 0. The van der Waals surface area contributed by atoms with Gasteiger partial charge < -0.3 is 4.90 Å². The van der Waals surface area contributed by atoms with Gasteiger partial charge in [0.25, 0.3) is 0 Å². The summed E-state index contributed by atoms with van der Waals surface area (Å²) in [6.45, 7) is 2.78. The fourth-order valence-corrected chi connectivity index (χ4v) is 5.94. The van der Waals surface area contributed by atoms with E-state index in [4.69, 9.17) is 0 Å². The predicted octanol–water partition coefficient (Wildman–Crippen LogP) is 0.765. The van der Waals surface area contributed by atoms with Gasteiger partial charge in [0.05, 0.1) is 24.2 Å². The molecule has 0 unspecified atom stereocenters. The maximum Gasteiger partial charge on any atom is 0.237 e. The molecule has 1 aromatic rings. The highest BCUT2D eigenvalue weighted by Gasteiger charge is 2.35. The molecule has 2 heterocycles. The number of likely N-dealkylation sites (N-methyl/N-ethyl adjacent to an activating group) is 2. The minimum Gasteiger partial charge on any atom is -0.338 e. The van der Waals surface area contributed by atoms with Crippen molar-refractivity contribution in [2.45, 2.75) is 44.7 Å². The highest BCUT2D eigenvalue weighted by Crippen LogP contribution is 2.33. The molecule has 0 spiro atoms. The number of nitrogens with zero attached hydrogens (tertiary/aromatic N) is 4. The Hall–Kier alpha value is -1.41. The van der Waals surface area contributed by atoms with Crippen LogP contribution in [0.5, 0.6) is 0 Å². The molecule has 0 bridgehead atoms. The third kappa shape index (κ3) is 3.74. The van der Waals surface area contributed by atoms with Gasteiger partial charge >= 0.3 is 0 Å². The molecule has 2 aliphatic rings. The van der Waals surface area contributed by atoms with Gasteiger partial charge in [-0.25, -0.2) is 8.42 Å². The number of carbonyl (C=O) groups excluding carboxylic acids is 1. The average Bonchev–Trinajstić information content (AvgIpc) is 3.11. The monoisotopic (exact) mass is 368 g/mol. The normalized spacial score (nSPS) is 25.1. The SMILES string of the molecule is CCN(C(=O)CN(C)[C@H]1CCCc2c1cnn2C)[C@@H]1CCS(=O)(=O)C1. The third-order valence-corrected chi connectivity index (χ3v) is 7.32. The summed E-state index contributed by atoms with van der Waals surface area (Å²) in [7, 11) is 0.951. The lowest BCUT2D eigenvalue weighted by molar-refractivity contribution is -0.134. The Balaban J connectivity index is 1.68. The largest absolute Gasteiger partial charge is 0.338 e. The topological polar surface area (TPSA) is 75.5 Å². The van der Waals surface area contributed by atoms with Crippen molar-refractivity contribution in [3.63, 3.8) is 0 Å². The molecule has 0 saturated carbocycles. The van der Waals surface area contributed by atoms with Crippen molar-refractivity contribution in [3.05, 3.63) is 17.5 Å². The van der Waals surface area contributed by atoms with Crippen molar-refractivity contribution in [3.8, 4) is 0 Å². The molecule has 3 rings (SSSR count). The highest BCUT2D eigenvalue weighted by atomic mass is 32.2. The lowest BCUT2D eigenvalue weighted by Gasteiger charge is -2.34. The van der Waals surface area contributed by atoms with Crippen molar-refractivity contribution in [1.29, 1.82) is 0 Å². The van der Waals surface area contributed by atoms with E-state index in [1.54, 1.807) is 4.90 Å². The van der Waals surface area contributed by atoms with Gasteiger partial charge in [0.15, 0.2) is 9.84 Å². The minimum absolute atomic E-state index is 0.0168. The number of fused-ring (bicyclic) bond motifs is 1. The summed E-state index contributed by atoms with van der Waals surface area (Å²) in [5.41, 5.74) is 2.47. The molecule has 7 nitrogen and oxygen atoms in total. The molecule has 0 N–H and O–H groups in total. The van der Waals surface area contributed by atoms with Crippen LogP contribution in [0.4, 0.5) is 0 Å². The van der Waals surface area contributed by atoms with Crippen LogP contribution in [0.2, 0.25) is 0 Å². The van der Waals surface area contributed by atoms with Crippen molar-refractivity contribution < 1.29 is 13.2 Å². The molecule has 1 aliphatic heterocycles. The molecule has 140 valence electrons. The fraction of sp³-hybridized carbons (Fsp3) is 0.765. The quantitative estimate of drug-likeness (QED) is 0.767. The molecule has 8 heteroatoms. The lowest BCUT2D eigenvalue weighted by atomic mass is 9.92. The number of hydrogen-bond acceptors (Lipinski definition) is 5. The predicted molar refractivity (Wildman–Crippen MR) is 96.0 cm³/mol. The second-order valence-corrected chi connectivity index (χ2v) is 9.46. The molecular weight excluding hydrogens is 340 g/mol. The molecule has 1 aromatic heterocycles. The summed E-state index contributed by atoms with van der Waals surface area (Å²) in [4.78, 5) is 16.6. The van der Waals surface area contributed by atoms with E-state index in [1.807, 2.05) is 31.9 Å². The van der Waals surface area contributed by atoms with E-state index in [9.17, 15) is 13.2 Å². The maximum atomic E-state index is 12.8. The second-order valence-electron chi connectivity index (χ2n) is 7.23. The Labute approximate surface area is 149 Å². The first-order valence-electron chi connectivity index (χ1n) is 9.03. The first-order chi connectivity index (χ1) is 11.8. The van der Waals surface area contributed by atoms with E-state index in [2.05, 4.69) is 10.00 Å². The van der Waals surface area contributed by atoms with Gasteiger partial charge in [-0.3, -0.25) is 14.4 Å². The fourth-order valence-electron chi connectivity index (χ4n) is 4.21. The van der Waals surface area contributed by atoms with E-state index in [1.165, 1.54) is 11.3 Å². The third-order valence-electron chi connectivity index (χ3n) is 5.57. The van der Waals surface area contributed by atoms with Crippen LogP contribution in [0.3, 0.4) is 0 Å². The van der Waals surface area contributed by atoms with Gasteiger partial charge in [-0.05, 0) is 39.7 Å². The Bertz CT molecular complexity index is 743. The molecule has 0 radical (unpaired) electrons. The number of amides is 1. The first-order valence-corrected chi connectivity index (χ1v) is 10.9. The zero-order valence-electron chi connectivity index (χ0n) is 15.3. The zero-order chi connectivity index (χ0) is 18.2. The Morgan fingerprint density at radius 2 is 2.16 bits per heavy atom. The molecule has 2 atom stereocenters. The standard InChI is InChI=1S/C17H28N4O3S/c1-4-21(13-8-9-25(23,24)12-13)17(22)11-19(2)15-6-5-7-16-14(15)10-18-20(16)3/h10,13,15H,4-9,11-12H2,1-3H3/t13-,15+/m1/s1.